The Kier molecular flexibility index (Phi) is 5.52. The van der Waals surface area contributed by atoms with E-state index in [9.17, 15) is 18.4 Å². The van der Waals surface area contributed by atoms with Gasteiger partial charge in [-0.15, -0.1) is 11.3 Å². The van der Waals surface area contributed by atoms with Gasteiger partial charge in [-0.2, -0.15) is 0 Å². The molecule has 0 bridgehead atoms. The molecule has 3 rings (SSSR count). The topological polar surface area (TPSA) is 50.3 Å². The van der Waals surface area contributed by atoms with Gasteiger partial charge in [0.2, 0.25) is 5.91 Å². The minimum atomic E-state index is -0.921. The van der Waals surface area contributed by atoms with Crippen LogP contribution in [0.5, 0.6) is 0 Å². The molecule has 27 heavy (non-hydrogen) atoms. The molecule has 0 aliphatic heterocycles. The summed E-state index contributed by atoms with van der Waals surface area (Å²) in [6.45, 7) is 1.42. The summed E-state index contributed by atoms with van der Waals surface area (Å²) in [7, 11) is 0. The molecule has 2 aromatic carbocycles. The minimum absolute atomic E-state index is 0.212. The first-order chi connectivity index (χ1) is 13.0. The molecular weight excluding hydrogens is 370 g/mol. The number of nitrogens with zero attached hydrogens (tertiary/aromatic N) is 2. The molecule has 0 atom stereocenters. The van der Waals surface area contributed by atoms with E-state index in [1.54, 1.807) is 29.6 Å². The van der Waals surface area contributed by atoms with Gasteiger partial charge in [0.15, 0.2) is 10.9 Å². The highest BCUT2D eigenvalue weighted by Gasteiger charge is 2.18. The maximum absolute atomic E-state index is 13.7. The number of thiazole rings is 1. The highest BCUT2D eigenvalue weighted by atomic mass is 32.1. The summed E-state index contributed by atoms with van der Waals surface area (Å²) in [5, 5.41) is 2.08. The third kappa shape index (κ3) is 4.15. The van der Waals surface area contributed by atoms with Gasteiger partial charge in [-0.05, 0) is 36.4 Å². The number of allylic oxidation sites excluding steroid dienone is 1. The summed E-state index contributed by atoms with van der Waals surface area (Å²) in [4.78, 5) is 29.9. The van der Waals surface area contributed by atoms with E-state index in [0.717, 1.165) is 18.2 Å². The molecule has 0 N–H and O–H groups in total. The second-order valence-corrected chi connectivity index (χ2v) is 6.38. The minimum Gasteiger partial charge on any atom is -0.289 e. The molecule has 0 saturated heterocycles. The number of hydrogen-bond acceptors (Lipinski definition) is 4. The van der Waals surface area contributed by atoms with Crippen molar-refractivity contribution in [3.8, 4) is 0 Å². The molecule has 0 radical (unpaired) electrons. The van der Waals surface area contributed by atoms with Gasteiger partial charge in [0.05, 0.1) is 16.9 Å². The number of rotatable bonds is 5. The van der Waals surface area contributed by atoms with Gasteiger partial charge in [0, 0.05) is 12.3 Å². The van der Waals surface area contributed by atoms with Crippen molar-refractivity contribution in [3.63, 3.8) is 0 Å². The quantitative estimate of drug-likeness (QED) is 0.459. The van der Waals surface area contributed by atoms with E-state index in [0.29, 0.717) is 16.5 Å². The normalized spacial score (nSPS) is 10.9. The van der Waals surface area contributed by atoms with Crippen LogP contribution in [0.15, 0.2) is 60.0 Å². The van der Waals surface area contributed by atoms with Crippen LogP contribution in [0, 0.1) is 11.6 Å². The largest absolute Gasteiger partial charge is 0.289 e. The molecule has 1 aromatic heterocycles. The Balaban J connectivity index is 1.84. The van der Waals surface area contributed by atoms with Crippen LogP contribution in [0.1, 0.15) is 23.0 Å². The van der Waals surface area contributed by atoms with Gasteiger partial charge in [0.1, 0.15) is 11.6 Å². The summed E-state index contributed by atoms with van der Waals surface area (Å²) in [5.41, 5.74) is 0.459. The van der Waals surface area contributed by atoms with Crippen LogP contribution in [0.2, 0.25) is 0 Å². The first-order valence-electron chi connectivity index (χ1n) is 7.95. The van der Waals surface area contributed by atoms with Crippen molar-refractivity contribution in [2.24, 2.45) is 0 Å². The first kappa shape index (κ1) is 18.6. The van der Waals surface area contributed by atoms with Crippen molar-refractivity contribution in [2.45, 2.75) is 6.92 Å². The Labute approximate surface area is 158 Å². The van der Waals surface area contributed by atoms with Crippen molar-refractivity contribution in [1.29, 1.82) is 0 Å². The van der Waals surface area contributed by atoms with E-state index in [2.05, 4.69) is 4.98 Å². The molecular formula is C20H14F2N2O2S. The lowest BCUT2D eigenvalue weighted by molar-refractivity contribution is -0.115. The molecule has 1 amide bonds. The molecule has 1 heterocycles. The van der Waals surface area contributed by atoms with E-state index in [1.807, 2.05) is 6.07 Å². The van der Waals surface area contributed by atoms with E-state index < -0.39 is 23.0 Å². The Morgan fingerprint density at radius 1 is 1.04 bits per heavy atom. The van der Waals surface area contributed by atoms with Crippen LogP contribution >= 0.6 is 11.3 Å². The van der Waals surface area contributed by atoms with Crippen LogP contribution in [0.25, 0.3) is 6.08 Å². The molecule has 3 aromatic rings. The fourth-order valence-corrected chi connectivity index (χ4v) is 3.29. The summed E-state index contributed by atoms with van der Waals surface area (Å²) in [6.07, 6.45) is 2.42. The Hall–Kier alpha value is -3.19. The van der Waals surface area contributed by atoms with Crippen molar-refractivity contribution in [1.82, 2.24) is 4.98 Å². The number of ketones is 1. The van der Waals surface area contributed by atoms with E-state index in [1.165, 1.54) is 35.3 Å². The van der Waals surface area contributed by atoms with Crippen molar-refractivity contribution in [3.05, 3.63) is 82.9 Å². The lowest BCUT2D eigenvalue weighted by Gasteiger charge is -2.17. The van der Waals surface area contributed by atoms with Gasteiger partial charge in [-0.25, -0.2) is 13.8 Å². The zero-order chi connectivity index (χ0) is 19.4. The number of hydrogen-bond donors (Lipinski definition) is 0. The molecule has 0 fully saturated rings. The molecule has 0 spiro atoms. The SMILES string of the molecule is CC(=O)N(c1ccccc1)c1nc(/C=C/C(=O)c2c(F)cccc2F)cs1. The number of halogens is 2. The van der Waals surface area contributed by atoms with Gasteiger partial charge < -0.3 is 0 Å². The number of amides is 1. The second kappa shape index (κ2) is 8.01. The predicted octanol–water partition coefficient (Wildman–Crippen LogP) is 5.00. The first-order valence-corrected chi connectivity index (χ1v) is 8.83. The highest BCUT2D eigenvalue weighted by molar-refractivity contribution is 7.14. The van der Waals surface area contributed by atoms with Crippen LogP contribution in [0.4, 0.5) is 19.6 Å². The average Bonchev–Trinajstić information content (AvgIpc) is 3.09. The maximum Gasteiger partial charge on any atom is 0.230 e. The van der Waals surface area contributed by atoms with Crippen molar-refractivity contribution < 1.29 is 18.4 Å². The fourth-order valence-electron chi connectivity index (χ4n) is 2.44. The van der Waals surface area contributed by atoms with Gasteiger partial charge in [-0.1, -0.05) is 24.3 Å². The second-order valence-electron chi connectivity index (χ2n) is 5.54. The van der Waals surface area contributed by atoms with E-state index in [-0.39, 0.29) is 5.91 Å². The highest BCUT2D eigenvalue weighted by Crippen LogP contribution is 2.29. The van der Waals surface area contributed by atoms with E-state index in [4.69, 9.17) is 0 Å². The van der Waals surface area contributed by atoms with Crippen molar-refractivity contribution in [2.75, 3.05) is 4.90 Å². The van der Waals surface area contributed by atoms with Gasteiger partial charge >= 0.3 is 0 Å². The maximum atomic E-state index is 13.7. The number of aromatic nitrogens is 1. The molecule has 136 valence electrons. The summed E-state index contributed by atoms with van der Waals surface area (Å²) in [6, 6.07) is 12.3. The number of carbonyl (C=O) groups excluding carboxylic acids is 2. The monoisotopic (exact) mass is 384 g/mol. The number of anilines is 2. The summed E-state index contributed by atoms with van der Waals surface area (Å²) >= 11 is 1.22. The third-order valence-corrected chi connectivity index (χ3v) is 4.49. The van der Waals surface area contributed by atoms with Crippen LogP contribution in [-0.2, 0) is 4.79 Å². The summed E-state index contributed by atoms with van der Waals surface area (Å²) < 4.78 is 27.3. The smallest absolute Gasteiger partial charge is 0.230 e. The predicted molar refractivity (Wildman–Crippen MR) is 101 cm³/mol. The Morgan fingerprint density at radius 3 is 2.33 bits per heavy atom. The average molecular weight is 384 g/mol. The number of para-hydroxylation sites is 1. The molecule has 4 nitrogen and oxygen atoms in total. The van der Waals surface area contributed by atoms with Crippen LogP contribution < -0.4 is 4.90 Å². The van der Waals surface area contributed by atoms with Gasteiger partial charge in [0.25, 0.3) is 0 Å². The van der Waals surface area contributed by atoms with Crippen molar-refractivity contribution >= 4 is 39.9 Å². The van der Waals surface area contributed by atoms with Gasteiger partial charge in [-0.3, -0.25) is 14.5 Å². The molecule has 7 heteroatoms. The van der Waals surface area contributed by atoms with E-state index >= 15 is 0 Å². The van der Waals surface area contributed by atoms with Crippen LogP contribution in [-0.4, -0.2) is 16.7 Å². The molecule has 0 unspecified atom stereocenters. The molecule has 0 aliphatic rings. The Bertz CT molecular complexity index is 996. The standard InChI is InChI=1S/C20H14F2N2O2S/c1-13(25)24(15-6-3-2-4-7-15)20-23-14(12-27-20)10-11-18(26)19-16(21)8-5-9-17(19)22/h2-12H,1H3/b11-10+. The number of benzene rings is 2. The summed E-state index contributed by atoms with van der Waals surface area (Å²) in [5.74, 6) is -2.85. The Morgan fingerprint density at radius 2 is 1.70 bits per heavy atom. The number of carbonyl (C=O) groups is 2. The lowest BCUT2D eigenvalue weighted by atomic mass is 10.1. The van der Waals surface area contributed by atoms with Crippen LogP contribution in [0.3, 0.4) is 0 Å². The lowest BCUT2D eigenvalue weighted by Crippen LogP contribution is -2.22. The molecule has 0 saturated carbocycles. The fraction of sp³-hybridized carbons (Fsp3) is 0.0500. The zero-order valence-electron chi connectivity index (χ0n) is 14.2. The third-order valence-electron chi connectivity index (χ3n) is 3.65. The zero-order valence-corrected chi connectivity index (χ0v) is 15.0. The molecule has 0 aliphatic carbocycles.